The largest absolute Gasteiger partial charge is 0.454 e. The highest BCUT2D eigenvalue weighted by molar-refractivity contribution is 5.96. The SMILES string of the molecule is CC(C)(C)OC(=O)N[C@@H](CO)C(=O)Nc1ccc(-c2ccc3c(c2)OCO3)cc1. The van der Waals surface area contributed by atoms with Crippen LogP contribution in [-0.2, 0) is 9.53 Å². The lowest BCUT2D eigenvalue weighted by molar-refractivity contribution is -0.119. The van der Waals surface area contributed by atoms with E-state index in [9.17, 15) is 14.7 Å². The van der Waals surface area contributed by atoms with Crippen LogP contribution < -0.4 is 20.1 Å². The fraction of sp³-hybridized carbons (Fsp3) is 0.333. The van der Waals surface area contributed by atoms with Gasteiger partial charge in [0.15, 0.2) is 11.5 Å². The van der Waals surface area contributed by atoms with Crippen LogP contribution in [0.5, 0.6) is 11.5 Å². The highest BCUT2D eigenvalue weighted by atomic mass is 16.7. The van der Waals surface area contributed by atoms with Crippen LogP contribution in [0.4, 0.5) is 10.5 Å². The number of ether oxygens (including phenoxy) is 3. The maximum atomic E-state index is 12.4. The number of aliphatic hydroxyl groups excluding tert-OH is 1. The summed E-state index contributed by atoms with van der Waals surface area (Å²) in [5.41, 5.74) is 1.72. The van der Waals surface area contributed by atoms with Gasteiger partial charge in [-0.05, 0) is 56.2 Å². The minimum atomic E-state index is -1.13. The summed E-state index contributed by atoms with van der Waals surface area (Å²) in [5.74, 6) is 0.859. The van der Waals surface area contributed by atoms with Crippen molar-refractivity contribution < 1.29 is 28.9 Å². The number of fused-ring (bicyclic) bond motifs is 1. The Morgan fingerprint density at radius 3 is 2.38 bits per heavy atom. The summed E-state index contributed by atoms with van der Waals surface area (Å²) in [4.78, 5) is 24.2. The van der Waals surface area contributed by atoms with Crippen LogP contribution in [0.1, 0.15) is 20.8 Å². The molecule has 154 valence electrons. The molecule has 0 saturated heterocycles. The van der Waals surface area contributed by atoms with Gasteiger partial charge in [0, 0.05) is 5.69 Å². The maximum Gasteiger partial charge on any atom is 0.408 e. The van der Waals surface area contributed by atoms with Gasteiger partial charge in [-0.15, -0.1) is 0 Å². The number of amides is 2. The topological polar surface area (TPSA) is 106 Å². The molecule has 29 heavy (non-hydrogen) atoms. The van der Waals surface area contributed by atoms with E-state index in [0.717, 1.165) is 11.1 Å². The highest BCUT2D eigenvalue weighted by Gasteiger charge is 2.24. The van der Waals surface area contributed by atoms with E-state index in [-0.39, 0.29) is 6.79 Å². The Bertz CT molecular complexity index is 889. The molecule has 0 saturated carbocycles. The first-order chi connectivity index (χ1) is 13.7. The van der Waals surface area contributed by atoms with Crippen LogP contribution in [0.15, 0.2) is 42.5 Å². The Morgan fingerprint density at radius 2 is 1.72 bits per heavy atom. The molecule has 8 heteroatoms. The molecule has 1 aliphatic heterocycles. The molecule has 0 fully saturated rings. The summed E-state index contributed by atoms with van der Waals surface area (Å²) in [6, 6.07) is 11.7. The van der Waals surface area contributed by atoms with Crippen molar-refractivity contribution in [3.05, 3.63) is 42.5 Å². The molecule has 2 amide bonds. The first-order valence-electron chi connectivity index (χ1n) is 9.16. The van der Waals surface area contributed by atoms with Gasteiger partial charge in [-0.1, -0.05) is 18.2 Å². The van der Waals surface area contributed by atoms with Crippen molar-refractivity contribution in [2.24, 2.45) is 0 Å². The second kappa shape index (κ2) is 8.40. The van der Waals surface area contributed by atoms with Crippen LogP contribution >= 0.6 is 0 Å². The molecule has 0 aromatic heterocycles. The smallest absolute Gasteiger partial charge is 0.408 e. The minimum absolute atomic E-state index is 0.215. The van der Waals surface area contributed by atoms with Gasteiger partial charge in [-0.25, -0.2) is 4.79 Å². The fourth-order valence-electron chi connectivity index (χ4n) is 2.70. The number of aliphatic hydroxyl groups is 1. The van der Waals surface area contributed by atoms with E-state index in [2.05, 4.69) is 10.6 Å². The van der Waals surface area contributed by atoms with E-state index < -0.39 is 30.3 Å². The number of carbonyl (C=O) groups is 2. The minimum Gasteiger partial charge on any atom is -0.454 e. The predicted molar refractivity (Wildman–Crippen MR) is 107 cm³/mol. The molecule has 0 unspecified atom stereocenters. The normalized spacial score (nSPS) is 13.5. The van der Waals surface area contributed by atoms with Crippen LogP contribution in [0.2, 0.25) is 0 Å². The molecular weight excluding hydrogens is 376 g/mol. The van der Waals surface area contributed by atoms with Gasteiger partial charge in [-0.3, -0.25) is 4.79 Å². The van der Waals surface area contributed by atoms with Crippen molar-refractivity contribution in [2.45, 2.75) is 32.4 Å². The molecule has 1 heterocycles. The first-order valence-corrected chi connectivity index (χ1v) is 9.16. The lowest BCUT2D eigenvalue weighted by Gasteiger charge is -2.22. The maximum absolute atomic E-state index is 12.4. The average Bonchev–Trinajstić information content (AvgIpc) is 3.13. The fourth-order valence-corrected chi connectivity index (χ4v) is 2.70. The molecule has 2 aromatic rings. The lowest BCUT2D eigenvalue weighted by Crippen LogP contribution is -2.47. The van der Waals surface area contributed by atoms with Crippen molar-refractivity contribution in [1.29, 1.82) is 0 Å². The number of anilines is 1. The molecule has 3 rings (SSSR count). The zero-order valence-corrected chi connectivity index (χ0v) is 16.5. The Labute approximate surface area is 168 Å². The molecule has 8 nitrogen and oxygen atoms in total. The van der Waals surface area contributed by atoms with E-state index in [4.69, 9.17) is 14.2 Å². The van der Waals surface area contributed by atoms with Gasteiger partial charge < -0.3 is 30.0 Å². The van der Waals surface area contributed by atoms with Crippen molar-refractivity contribution in [1.82, 2.24) is 5.32 Å². The number of hydrogen-bond donors (Lipinski definition) is 3. The van der Waals surface area contributed by atoms with E-state index in [1.165, 1.54) is 0 Å². The second-order valence-electron chi connectivity index (χ2n) is 7.52. The lowest BCUT2D eigenvalue weighted by atomic mass is 10.0. The second-order valence-corrected chi connectivity index (χ2v) is 7.52. The third kappa shape index (κ3) is 5.39. The van der Waals surface area contributed by atoms with Crippen molar-refractivity contribution >= 4 is 17.7 Å². The summed E-state index contributed by atoms with van der Waals surface area (Å²) < 4.78 is 15.8. The van der Waals surface area contributed by atoms with Gasteiger partial charge in [0.05, 0.1) is 6.61 Å². The number of benzene rings is 2. The van der Waals surface area contributed by atoms with Gasteiger partial charge in [0.2, 0.25) is 12.7 Å². The zero-order valence-electron chi connectivity index (χ0n) is 16.5. The third-order valence-electron chi connectivity index (χ3n) is 4.05. The van der Waals surface area contributed by atoms with Crippen LogP contribution in [-0.4, -0.2) is 42.1 Å². The standard InChI is InChI=1S/C21H24N2O6/c1-21(2,3)29-20(26)23-16(11-24)19(25)22-15-7-4-13(5-8-15)14-6-9-17-18(10-14)28-12-27-17/h4-10,16,24H,11-12H2,1-3H3,(H,22,25)(H,23,26)/t16-/m0/s1. The van der Waals surface area contributed by atoms with Crippen molar-refractivity contribution in [2.75, 3.05) is 18.7 Å². The van der Waals surface area contributed by atoms with Gasteiger partial charge in [0.25, 0.3) is 0 Å². The molecule has 2 aromatic carbocycles. The van der Waals surface area contributed by atoms with E-state index in [0.29, 0.717) is 17.2 Å². The zero-order chi connectivity index (χ0) is 21.0. The Hall–Kier alpha value is -3.26. The monoisotopic (exact) mass is 400 g/mol. The molecule has 0 radical (unpaired) electrons. The van der Waals surface area contributed by atoms with Gasteiger partial charge >= 0.3 is 6.09 Å². The number of carbonyl (C=O) groups excluding carboxylic acids is 2. The number of rotatable bonds is 5. The Balaban J connectivity index is 1.62. The summed E-state index contributed by atoms with van der Waals surface area (Å²) in [6.45, 7) is 4.79. The van der Waals surface area contributed by atoms with Gasteiger partial charge in [-0.2, -0.15) is 0 Å². The average molecular weight is 400 g/mol. The molecule has 0 aliphatic carbocycles. The summed E-state index contributed by atoms with van der Waals surface area (Å²) in [6.07, 6.45) is -0.773. The Kier molecular flexibility index (Phi) is 5.93. The number of hydrogen-bond acceptors (Lipinski definition) is 6. The molecular formula is C21H24N2O6. The van der Waals surface area contributed by atoms with Crippen LogP contribution in [0.3, 0.4) is 0 Å². The van der Waals surface area contributed by atoms with Crippen LogP contribution in [0, 0.1) is 0 Å². The first kappa shape index (κ1) is 20.5. The molecule has 1 atom stereocenters. The number of nitrogens with one attached hydrogen (secondary N) is 2. The van der Waals surface area contributed by atoms with E-state index in [1.807, 2.05) is 30.3 Å². The summed E-state index contributed by atoms with van der Waals surface area (Å²) >= 11 is 0. The molecule has 3 N–H and O–H groups in total. The van der Waals surface area contributed by atoms with Crippen molar-refractivity contribution in [3.8, 4) is 22.6 Å². The third-order valence-corrected chi connectivity index (χ3v) is 4.05. The number of alkyl carbamates (subject to hydrolysis) is 1. The van der Waals surface area contributed by atoms with Crippen molar-refractivity contribution in [3.63, 3.8) is 0 Å². The summed E-state index contributed by atoms with van der Waals surface area (Å²) in [7, 11) is 0. The quantitative estimate of drug-likeness (QED) is 0.713. The van der Waals surface area contributed by atoms with E-state index >= 15 is 0 Å². The Morgan fingerprint density at radius 1 is 1.07 bits per heavy atom. The molecule has 0 spiro atoms. The summed E-state index contributed by atoms with van der Waals surface area (Å²) in [5, 5.41) is 14.5. The highest BCUT2D eigenvalue weighted by Crippen LogP contribution is 2.36. The predicted octanol–water partition coefficient (Wildman–Crippen LogP) is 2.91. The van der Waals surface area contributed by atoms with Gasteiger partial charge in [0.1, 0.15) is 11.6 Å². The molecule has 0 bridgehead atoms. The van der Waals surface area contributed by atoms with Crippen LogP contribution in [0.25, 0.3) is 11.1 Å². The molecule has 1 aliphatic rings. The van der Waals surface area contributed by atoms with E-state index in [1.54, 1.807) is 32.9 Å².